The number of benzene rings is 1. The molecule has 2 aromatic heterocycles. The number of para-hydroxylation sites is 1. The Morgan fingerprint density at radius 3 is 2.84 bits per heavy atom. The molecule has 0 fully saturated rings. The van der Waals surface area contributed by atoms with Gasteiger partial charge in [0.25, 0.3) is 0 Å². The summed E-state index contributed by atoms with van der Waals surface area (Å²) in [4.78, 5) is 15.5. The Bertz CT molecular complexity index is 860. The predicted molar refractivity (Wildman–Crippen MR) is 94.5 cm³/mol. The van der Waals surface area contributed by atoms with E-state index in [-0.39, 0.29) is 6.61 Å². The zero-order chi connectivity index (χ0) is 17.5. The van der Waals surface area contributed by atoms with Gasteiger partial charge < -0.3 is 4.74 Å². The third-order valence-corrected chi connectivity index (χ3v) is 3.33. The summed E-state index contributed by atoms with van der Waals surface area (Å²) < 4.78 is 6.53. The molecule has 0 saturated heterocycles. The highest BCUT2D eigenvalue weighted by atomic mass is 16.5. The minimum atomic E-state index is -0.600. The average molecular weight is 335 g/mol. The molecule has 2 heterocycles. The maximum absolute atomic E-state index is 11.3. The molecule has 0 aliphatic rings. The predicted octanol–water partition coefficient (Wildman–Crippen LogP) is 3.01. The number of ether oxygens (including phenoxy) is 1. The van der Waals surface area contributed by atoms with Gasteiger partial charge in [-0.2, -0.15) is 10.2 Å². The van der Waals surface area contributed by atoms with E-state index in [1.807, 2.05) is 48.7 Å². The van der Waals surface area contributed by atoms with E-state index in [2.05, 4.69) is 20.6 Å². The Labute approximate surface area is 145 Å². The van der Waals surface area contributed by atoms with Gasteiger partial charge in [-0.15, -0.1) is 0 Å². The molecule has 1 amide bonds. The summed E-state index contributed by atoms with van der Waals surface area (Å²) in [6, 6.07) is 13.5. The van der Waals surface area contributed by atoms with E-state index >= 15 is 0 Å². The summed E-state index contributed by atoms with van der Waals surface area (Å²) in [5.41, 5.74) is 5.55. The van der Waals surface area contributed by atoms with E-state index < -0.39 is 6.09 Å². The van der Waals surface area contributed by atoms with Crippen LogP contribution in [-0.2, 0) is 4.74 Å². The summed E-state index contributed by atoms with van der Waals surface area (Å²) >= 11 is 0. The molecular formula is C18H17N5O2. The second-order valence-electron chi connectivity index (χ2n) is 5.05. The second-order valence-corrected chi connectivity index (χ2v) is 5.05. The largest absolute Gasteiger partial charge is 0.449 e. The second kappa shape index (κ2) is 7.87. The number of nitrogens with one attached hydrogen (secondary N) is 1. The summed E-state index contributed by atoms with van der Waals surface area (Å²) in [7, 11) is 0. The molecule has 1 N–H and O–H groups in total. The molecule has 0 unspecified atom stereocenters. The lowest BCUT2D eigenvalue weighted by molar-refractivity contribution is 0.152. The van der Waals surface area contributed by atoms with E-state index in [9.17, 15) is 4.79 Å². The monoisotopic (exact) mass is 335 g/mol. The van der Waals surface area contributed by atoms with Crippen LogP contribution < -0.4 is 5.43 Å². The van der Waals surface area contributed by atoms with Gasteiger partial charge in [-0.1, -0.05) is 18.2 Å². The van der Waals surface area contributed by atoms with Crippen molar-refractivity contribution in [2.24, 2.45) is 5.10 Å². The number of aromatic nitrogens is 3. The van der Waals surface area contributed by atoms with Crippen LogP contribution >= 0.6 is 0 Å². The van der Waals surface area contributed by atoms with Gasteiger partial charge in [-0.05, 0) is 31.2 Å². The van der Waals surface area contributed by atoms with Gasteiger partial charge in [-0.25, -0.2) is 14.9 Å². The zero-order valence-corrected chi connectivity index (χ0v) is 13.7. The molecule has 0 radical (unpaired) electrons. The maximum Gasteiger partial charge on any atom is 0.427 e. The van der Waals surface area contributed by atoms with Gasteiger partial charge in [0.1, 0.15) is 5.69 Å². The number of nitrogens with zero attached hydrogens (tertiary/aromatic N) is 4. The third-order valence-electron chi connectivity index (χ3n) is 3.33. The van der Waals surface area contributed by atoms with Crippen LogP contribution in [0.25, 0.3) is 16.9 Å². The summed E-state index contributed by atoms with van der Waals surface area (Å²) in [5, 5.41) is 8.56. The first-order valence-corrected chi connectivity index (χ1v) is 7.79. The van der Waals surface area contributed by atoms with Crippen molar-refractivity contribution in [3.8, 4) is 16.9 Å². The number of rotatable bonds is 5. The lowest BCUT2D eigenvalue weighted by Gasteiger charge is -2.00. The standard InChI is InChI=1S/C18H17N5O2/c1-2-25-18(24)21-20-12-15-13-23(16-8-4-3-5-9-16)22-17(15)14-7-6-10-19-11-14/h3-13H,2H2,1H3,(H,21,24)/b20-12-. The first kappa shape index (κ1) is 16.4. The molecule has 3 aromatic rings. The van der Waals surface area contributed by atoms with Crippen LogP contribution in [0.15, 0.2) is 66.2 Å². The van der Waals surface area contributed by atoms with Crippen molar-refractivity contribution in [1.82, 2.24) is 20.2 Å². The van der Waals surface area contributed by atoms with Gasteiger partial charge >= 0.3 is 6.09 Å². The Morgan fingerprint density at radius 1 is 1.28 bits per heavy atom. The number of amides is 1. The van der Waals surface area contributed by atoms with Gasteiger partial charge in [0.2, 0.25) is 0 Å². The topological polar surface area (TPSA) is 81.4 Å². The van der Waals surface area contributed by atoms with Crippen LogP contribution in [0.1, 0.15) is 12.5 Å². The molecule has 0 aliphatic carbocycles. The van der Waals surface area contributed by atoms with Crippen molar-refractivity contribution in [3.63, 3.8) is 0 Å². The van der Waals surface area contributed by atoms with E-state index in [4.69, 9.17) is 4.74 Å². The van der Waals surface area contributed by atoms with Crippen molar-refractivity contribution < 1.29 is 9.53 Å². The quantitative estimate of drug-likeness (QED) is 0.574. The number of pyridine rings is 1. The minimum Gasteiger partial charge on any atom is -0.449 e. The summed E-state index contributed by atoms with van der Waals surface area (Å²) in [6.07, 6.45) is 6.21. The molecule has 7 nitrogen and oxygen atoms in total. The molecule has 25 heavy (non-hydrogen) atoms. The minimum absolute atomic E-state index is 0.286. The van der Waals surface area contributed by atoms with Crippen molar-refractivity contribution in [2.45, 2.75) is 6.92 Å². The Balaban J connectivity index is 1.93. The normalized spacial score (nSPS) is 10.8. The molecule has 0 atom stereocenters. The number of hydrazone groups is 1. The lowest BCUT2D eigenvalue weighted by atomic mass is 10.1. The lowest BCUT2D eigenvalue weighted by Crippen LogP contribution is -2.18. The highest BCUT2D eigenvalue weighted by molar-refractivity contribution is 5.89. The SMILES string of the molecule is CCOC(=O)N/N=C\c1cn(-c2ccccc2)nc1-c1cccnc1. The van der Waals surface area contributed by atoms with Gasteiger partial charge in [0.05, 0.1) is 18.5 Å². The fourth-order valence-corrected chi connectivity index (χ4v) is 2.24. The number of hydrogen-bond acceptors (Lipinski definition) is 5. The molecule has 0 saturated carbocycles. The van der Waals surface area contributed by atoms with Crippen LogP contribution in [0.2, 0.25) is 0 Å². The van der Waals surface area contributed by atoms with Crippen molar-refractivity contribution in [3.05, 3.63) is 66.6 Å². The Hall–Kier alpha value is -3.48. The molecule has 126 valence electrons. The van der Waals surface area contributed by atoms with E-state index in [0.29, 0.717) is 5.69 Å². The highest BCUT2D eigenvalue weighted by Crippen LogP contribution is 2.21. The van der Waals surface area contributed by atoms with E-state index in [1.165, 1.54) is 6.21 Å². The molecule has 3 rings (SSSR count). The Kier molecular flexibility index (Phi) is 5.16. The number of carbonyl (C=O) groups excluding carboxylic acids is 1. The molecule has 0 bridgehead atoms. The number of carbonyl (C=O) groups is 1. The molecule has 0 spiro atoms. The first-order chi connectivity index (χ1) is 12.3. The molecule has 1 aromatic carbocycles. The maximum atomic E-state index is 11.3. The summed E-state index contributed by atoms with van der Waals surface area (Å²) in [6.45, 7) is 2.02. The van der Waals surface area contributed by atoms with Gasteiger partial charge in [0, 0.05) is 29.7 Å². The summed E-state index contributed by atoms with van der Waals surface area (Å²) in [5.74, 6) is 0. The fourth-order valence-electron chi connectivity index (χ4n) is 2.24. The van der Waals surface area contributed by atoms with Crippen molar-refractivity contribution in [1.29, 1.82) is 0 Å². The van der Waals surface area contributed by atoms with Crippen molar-refractivity contribution in [2.75, 3.05) is 6.61 Å². The number of hydrogen-bond donors (Lipinski definition) is 1. The highest BCUT2D eigenvalue weighted by Gasteiger charge is 2.11. The van der Waals surface area contributed by atoms with Gasteiger partial charge in [0.15, 0.2) is 0 Å². The van der Waals surface area contributed by atoms with E-state index in [1.54, 1.807) is 24.0 Å². The van der Waals surface area contributed by atoms with Gasteiger partial charge in [-0.3, -0.25) is 4.98 Å². The molecule has 7 heteroatoms. The molecule has 0 aliphatic heterocycles. The Morgan fingerprint density at radius 2 is 2.12 bits per heavy atom. The van der Waals surface area contributed by atoms with Crippen LogP contribution in [0.3, 0.4) is 0 Å². The smallest absolute Gasteiger partial charge is 0.427 e. The van der Waals surface area contributed by atoms with E-state index in [0.717, 1.165) is 16.8 Å². The molecular weight excluding hydrogens is 318 g/mol. The van der Waals surface area contributed by atoms with Crippen LogP contribution in [-0.4, -0.2) is 33.7 Å². The fraction of sp³-hybridized carbons (Fsp3) is 0.111. The van der Waals surface area contributed by atoms with Crippen LogP contribution in [0.4, 0.5) is 4.79 Å². The third kappa shape index (κ3) is 4.08. The zero-order valence-electron chi connectivity index (χ0n) is 13.7. The van der Waals surface area contributed by atoms with Crippen LogP contribution in [0.5, 0.6) is 0 Å². The van der Waals surface area contributed by atoms with Crippen LogP contribution in [0, 0.1) is 0 Å². The first-order valence-electron chi connectivity index (χ1n) is 7.79. The average Bonchev–Trinajstić information content (AvgIpc) is 3.08. The van der Waals surface area contributed by atoms with Crippen molar-refractivity contribution >= 4 is 12.3 Å².